The van der Waals surface area contributed by atoms with E-state index in [1.807, 2.05) is 19.4 Å². The van der Waals surface area contributed by atoms with E-state index in [1.54, 1.807) is 13.0 Å². The zero-order valence-corrected chi connectivity index (χ0v) is 14.4. The van der Waals surface area contributed by atoms with Gasteiger partial charge in [-0.05, 0) is 32.2 Å². The van der Waals surface area contributed by atoms with E-state index in [-0.39, 0.29) is 5.91 Å². The summed E-state index contributed by atoms with van der Waals surface area (Å²) < 4.78 is 7.04. The van der Waals surface area contributed by atoms with Gasteiger partial charge >= 0.3 is 0 Å². The van der Waals surface area contributed by atoms with Crippen molar-refractivity contribution in [1.29, 1.82) is 0 Å². The van der Waals surface area contributed by atoms with Crippen LogP contribution in [0.3, 0.4) is 0 Å². The lowest BCUT2D eigenvalue weighted by atomic mass is 9.94. The van der Waals surface area contributed by atoms with Crippen LogP contribution in [-0.4, -0.2) is 45.1 Å². The topological polar surface area (TPSA) is 76.2 Å². The molecule has 1 N–H and O–H groups in total. The van der Waals surface area contributed by atoms with Gasteiger partial charge in [0.15, 0.2) is 5.82 Å². The van der Waals surface area contributed by atoms with Crippen LogP contribution in [-0.2, 0) is 18.3 Å². The number of amides is 1. The number of imidazole rings is 1. The van der Waals surface area contributed by atoms with Crippen LogP contribution in [0.4, 0.5) is 5.82 Å². The van der Waals surface area contributed by atoms with E-state index in [4.69, 9.17) is 4.52 Å². The number of aryl methyl sites for hydroxylation is 2. The molecule has 130 valence electrons. The molecule has 0 bridgehead atoms. The van der Waals surface area contributed by atoms with E-state index in [0.717, 1.165) is 31.9 Å². The number of nitrogens with one attached hydrogen (secondary N) is 1. The summed E-state index contributed by atoms with van der Waals surface area (Å²) in [6.07, 6.45) is 7.73. The van der Waals surface area contributed by atoms with Crippen LogP contribution in [0.25, 0.3) is 0 Å². The quantitative estimate of drug-likeness (QED) is 0.876. The number of piperidine rings is 1. The first kappa shape index (κ1) is 16.7. The van der Waals surface area contributed by atoms with E-state index in [2.05, 4.69) is 24.9 Å². The Hall–Kier alpha value is -2.15. The Balaban J connectivity index is 1.43. The van der Waals surface area contributed by atoms with Gasteiger partial charge in [-0.25, -0.2) is 4.98 Å². The molecule has 7 nitrogen and oxygen atoms in total. The van der Waals surface area contributed by atoms with Crippen LogP contribution < -0.4 is 5.32 Å². The molecule has 0 saturated carbocycles. The first-order chi connectivity index (χ1) is 11.6. The highest BCUT2D eigenvalue weighted by atomic mass is 16.5. The zero-order valence-electron chi connectivity index (χ0n) is 14.4. The van der Waals surface area contributed by atoms with Crippen LogP contribution >= 0.6 is 0 Å². The Bertz CT molecular complexity index is 678. The number of hydrogen-bond acceptors (Lipinski definition) is 5. The molecule has 0 spiro atoms. The summed E-state index contributed by atoms with van der Waals surface area (Å²) in [5.74, 6) is 2.92. The Morgan fingerprint density at radius 3 is 3.08 bits per heavy atom. The molecule has 2 aromatic heterocycles. The van der Waals surface area contributed by atoms with Gasteiger partial charge in [0.05, 0.1) is 0 Å². The predicted molar refractivity (Wildman–Crippen MR) is 90.6 cm³/mol. The van der Waals surface area contributed by atoms with Crippen molar-refractivity contribution in [3.8, 4) is 0 Å². The Morgan fingerprint density at radius 2 is 2.38 bits per heavy atom. The highest BCUT2D eigenvalue weighted by Crippen LogP contribution is 2.20. The van der Waals surface area contributed by atoms with E-state index < -0.39 is 0 Å². The second-order valence-electron chi connectivity index (χ2n) is 6.59. The number of aromatic nitrogens is 3. The van der Waals surface area contributed by atoms with Gasteiger partial charge in [0.2, 0.25) is 5.91 Å². The number of hydrogen-bond donors (Lipinski definition) is 1. The standard InChI is InChI=1S/C17H25N5O2/c1-13-10-15(20-24-13)19-17(23)5-8-22-7-3-4-14(12-22)11-16-18-6-9-21(16)2/h6,9-10,14H,3-5,7-8,11-12H2,1-2H3,(H,19,20,23). The van der Waals surface area contributed by atoms with Gasteiger partial charge in [0.25, 0.3) is 0 Å². The third-order valence-corrected chi connectivity index (χ3v) is 4.55. The maximum atomic E-state index is 12.0. The molecule has 1 atom stereocenters. The molecule has 0 aromatic carbocycles. The maximum Gasteiger partial charge on any atom is 0.226 e. The fraction of sp³-hybridized carbons (Fsp3) is 0.588. The molecule has 7 heteroatoms. The van der Waals surface area contributed by atoms with Crippen molar-refractivity contribution in [1.82, 2.24) is 19.6 Å². The fourth-order valence-corrected chi connectivity index (χ4v) is 3.26. The number of nitrogens with zero attached hydrogens (tertiary/aromatic N) is 4. The smallest absolute Gasteiger partial charge is 0.226 e. The molecule has 1 aliphatic heterocycles. The number of likely N-dealkylation sites (tertiary alicyclic amines) is 1. The fourth-order valence-electron chi connectivity index (χ4n) is 3.26. The summed E-state index contributed by atoms with van der Waals surface area (Å²) in [6, 6.07) is 1.72. The molecule has 24 heavy (non-hydrogen) atoms. The molecule has 0 radical (unpaired) electrons. The molecule has 1 unspecified atom stereocenters. The normalized spacial score (nSPS) is 18.7. The third kappa shape index (κ3) is 4.44. The van der Waals surface area contributed by atoms with Gasteiger partial charge in [-0.2, -0.15) is 0 Å². The molecule has 0 aliphatic carbocycles. The van der Waals surface area contributed by atoms with Crippen molar-refractivity contribution in [2.75, 3.05) is 25.0 Å². The van der Waals surface area contributed by atoms with Gasteiger partial charge in [0, 0.05) is 51.4 Å². The summed E-state index contributed by atoms with van der Waals surface area (Å²) in [7, 11) is 2.04. The van der Waals surface area contributed by atoms with Crippen LogP contribution in [0.15, 0.2) is 23.0 Å². The van der Waals surface area contributed by atoms with E-state index in [1.165, 1.54) is 12.8 Å². The van der Waals surface area contributed by atoms with Gasteiger partial charge in [-0.1, -0.05) is 5.16 Å². The molecule has 1 aliphatic rings. The average molecular weight is 331 g/mol. The van der Waals surface area contributed by atoms with Crippen LogP contribution in [0, 0.1) is 12.8 Å². The maximum absolute atomic E-state index is 12.0. The Morgan fingerprint density at radius 1 is 1.50 bits per heavy atom. The van der Waals surface area contributed by atoms with Crippen LogP contribution in [0.1, 0.15) is 30.8 Å². The SMILES string of the molecule is Cc1cc(NC(=O)CCN2CCCC(Cc3nccn3C)C2)no1. The van der Waals surface area contributed by atoms with Crippen molar-refractivity contribution in [3.05, 3.63) is 30.0 Å². The summed E-state index contributed by atoms with van der Waals surface area (Å²) >= 11 is 0. The molecule has 3 rings (SSSR count). The largest absolute Gasteiger partial charge is 0.360 e. The molecule has 1 amide bonds. The van der Waals surface area contributed by atoms with E-state index in [9.17, 15) is 4.79 Å². The molecule has 2 aromatic rings. The van der Waals surface area contributed by atoms with Gasteiger partial charge in [-0.15, -0.1) is 0 Å². The van der Waals surface area contributed by atoms with Crippen molar-refractivity contribution >= 4 is 11.7 Å². The van der Waals surface area contributed by atoms with Crippen molar-refractivity contribution < 1.29 is 9.32 Å². The molecule has 3 heterocycles. The highest BCUT2D eigenvalue weighted by molar-refractivity contribution is 5.89. The van der Waals surface area contributed by atoms with Gasteiger partial charge in [0.1, 0.15) is 11.6 Å². The van der Waals surface area contributed by atoms with Gasteiger partial charge in [-0.3, -0.25) is 4.79 Å². The number of rotatable bonds is 6. The lowest BCUT2D eigenvalue weighted by Crippen LogP contribution is -2.38. The monoisotopic (exact) mass is 331 g/mol. The summed E-state index contributed by atoms with van der Waals surface area (Å²) in [6.45, 7) is 4.68. The van der Waals surface area contributed by atoms with Crippen LogP contribution in [0.5, 0.6) is 0 Å². The van der Waals surface area contributed by atoms with E-state index >= 15 is 0 Å². The molecule has 1 saturated heterocycles. The first-order valence-electron chi connectivity index (χ1n) is 8.52. The lowest BCUT2D eigenvalue weighted by molar-refractivity contribution is -0.116. The zero-order chi connectivity index (χ0) is 16.9. The van der Waals surface area contributed by atoms with Crippen LogP contribution in [0.2, 0.25) is 0 Å². The Kier molecular flexibility index (Phi) is 5.30. The Labute approximate surface area is 142 Å². The minimum absolute atomic E-state index is 0.0190. The number of carbonyl (C=O) groups is 1. The molecule has 1 fully saturated rings. The highest BCUT2D eigenvalue weighted by Gasteiger charge is 2.22. The lowest BCUT2D eigenvalue weighted by Gasteiger charge is -2.32. The minimum atomic E-state index is -0.0190. The summed E-state index contributed by atoms with van der Waals surface area (Å²) in [5, 5.41) is 6.56. The molecular weight excluding hydrogens is 306 g/mol. The number of carbonyl (C=O) groups excluding carboxylic acids is 1. The predicted octanol–water partition coefficient (Wildman–Crippen LogP) is 2.00. The second kappa shape index (κ2) is 7.61. The van der Waals surface area contributed by atoms with Crippen molar-refractivity contribution in [2.24, 2.45) is 13.0 Å². The first-order valence-corrected chi connectivity index (χ1v) is 8.52. The minimum Gasteiger partial charge on any atom is -0.360 e. The summed E-state index contributed by atoms with van der Waals surface area (Å²) in [4.78, 5) is 18.8. The second-order valence-corrected chi connectivity index (χ2v) is 6.59. The van der Waals surface area contributed by atoms with E-state index in [0.29, 0.717) is 23.9 Å². The van der Waals surface area contributed by atoms with Gasteiger partial charge < -0.3 is 19.3 Å². The third-order valence-electron chi connectivity index (χ3n) is 4.55. The van der Waals surface area contributed by atoms with Crippen molar-refractivity contribution in [3.63, 3.8) is 0 Å². The number of anilines is 1. The van der Waals surface area contributed by atoms with Crippen molar-refractivity contribution in [2.45, 2.75) is 32.6 Å². The molecular formula is C17H25N5O2. The summed E-state index contributed by atoms with van der Waals surface area (Å²) in [5.41, 5.74) is 0. The average Bonchev–Trinajstić information content (AvgIpc) is 3.15.